The summed E-state index contributed by atoms with van der Waals surface area (Å²) < 4.78 is 56.3. The number of sulfonamides is 2. The van der Waals surface area contributed by atoms with Gasteiger partial charge in [0.2, 0.25) is 0 Å². The van der Waals surface area contributed by atoms with Crippen molar-refractivity contribution in [2.45, 2.75) is 37.5 Å². The lowest BCUT2D eigenvalue weighted by molar-refractivity contribution is 0.599. The molecule has 0 saturated heterocycles. The Hall–Kier alpha value is -2.55. The predicted molar refractivity (Wildman–Crippen MR) is 125 cm³/mol. The first-order valence-electron chi connectivity index (χ1n) is 9.39. The lowest BCUT2D eigenvalue weighted by Gasteiger charge is -2.17. The molecular weight excluding hydrogens is 456 g/mol. The van der Waals surface area contributed by atoms with Crippen LogP contribution in [0.15, 0.2) is 64.4 Å². The van der Waals surface area contributed by atoms with Crippen LogP contribution < -0.4 is 9.44 Å². The number of halogens is 1. The molecule has 0 amide bonds. The fraction of sp³-hybridized carbons (Fsp3) is 0.182. The Morgan fingerprint density at radius 3 is 1.55 bits per heavy atom. The molecule has 0 aliphatic heterocycles. The molecule has 0 unspecified atom stereocenters. The van der Waals surface area contributed by atoms with Crippen molar-refractivity contribution in [2.75, 3.05) is 9.44 Å². The molecule has 9 heteroatoms. The fourth-order valence-corrected chi connectivity index (χ4v) is 6.09. The van der Waals surface area contributed by atoms with Gasteiger partial charge in [-0.25, -0.2) is 16.8 Å². The second-order valence-corrected chi connectivity index (χ2v) is 11.1. The van der Waals surface area contributed by atoms with E-state index in [9.17, 15) is 16.8 Å². The van der Waals surface area contributed by atoms with Crippen LogP contribution in [0.5, 0.6) is 0 Å². The number of nitrogens with one attached hydrogen (secondary N) is 2. The summed E-state index contributed by atoms with van der Waals surface area (Å²) in [4.78, 5) is 0.246. The summed E-state index contributed by atoms with van der Waals surface area (Å²) in [6, 6.07) is 13.7. The van der Waals surface area contributed by atoms with Crippen LogP contribution in [0.3, 0.4) is 0 Å². The van der Waals surface area contributed by atoms with E-state index in [4.69, 9.17) is 11.6 Å². The van der Waals surface area contributed by atoms with E-state index in [1.54, 1.807) is 38.1 Å². The molecule has 0 aromatic heterocycles. The van der Waals surface area contributed by atoms with E-state index in [1.807, 2.05) is 19.9 Å². The van der Waals surface area contributed by atoms with Crippen molar-refractivity contribution in [2.24, 2.45) is 0 Å². The zero-order chi connectivity index (χ0) is 23.0. The SMILES string of the molecule is Cc1cc(C)c(C)c(S(=O)(=O)Nc2ccc(S(=O)(=O)Nc3ccc(Cl)cc3)cc2)c1C. The molecule has 0 radical (unpaired) electrons. The van der Waals surface area contributed by atoms with Gasteiger partial charge in [-0.15, -0.1) is 0 Å². The normalized spacial score (nSPS) is 11.9. The van der Waals surface area contributed by atoms with Crippen molar-refractivity contribution in [3.63, 3.8) is 0 Å². The Kier molecular flexibility index (Phi) is 6.36. The molecule has 3 aromatic rings. The maximum atomic E-state index is 13.0. The minimum atomic E-state index is -3.85. The highest BCUT2D eigenvalue weighted by Gasteiger charge is 2.22. The molecule has 3 rings (SSSR count). The van der Waals surface area contributed by atoms with Gasteiger partial charge in [-0.05, 0) is 98.5 Å². The van der Waals surface area contributed by atoms with E-state index in [0.717, 1.165) is 11.1 Å². The van der Waals surface area contributed by atoms with Crippen LogP contribution in [0, 0.1) is 27.7 Å². The van der Waals surface area contributed by atoms with Crippen molar-refractivity contribution in [1.82, 2.24) is 0 Å². The van der Waals surface area contributed by atoms with E-state index in [1.165, 1.54) is 24.3 Å². The quantitative estimate of drug-likeness (QED) is 0.510. The number of aryl methyl sites for hydroxylation is 2. The van der Waals surface area contributed by atoms with Gasteiger partial charge >= 0.3 is 0 Å². The molecule has 164 valence electrons. The van der Waals surface area contributed by atoms with Crippen molar-refractivity contribution < 1.29 is 16.8 Å². The first-order chi connectivity index (χ1) is 14.4. The maximum absolute atomic E-state index is 13.0. The Morgan fingerprint density at radius 1 is 0.645 bits per heavy atom. The molecule has 0 aliphatic carbocycles. The van der Waals surface area contributed by atoms with Crippen LogP contribution in [0.25, 0.3) is 0 Å². The van der Waals surface area contributed by atoms with Crippen molar-refractivity contribution >= 4 is 43.0 Å². The summed E-state index contributed by atoms with van der Waals surface area (Å²) in [5, 5.41) is 0.494. The van der Waals surface area contributed by atoms with Crippen LogP contribution >= 0.6 is 11.6 Å². The van der Waals surface area contributed by atoms with Gasteiger partial charge in [0, 0.05) is 16.4 Å². The van der Waals surface area contributed by atoms with Gasteiger partial charge in [-0.3, -0.25) is 9.44 Å². The molecule has 0 aliphatic rings. The summed E-state index contributed by atoms with van der Waals surface area (Å²) in [5.41, 5.74) is 3.78. The number of rotatable bonds is 6. The Balaban J connectivity index is 1.86. The van der Waals surface area contributed by atoms with Crippen LogP contribution in [-0.2, 0) is 20.0 Å². The van der Waals surface area contributed by atoms with Gasteiger partial charge in [-0.2, -0.15) is 0 Å². The highest BCUT2D eigenvalue weighted by molar-refractivity contribution is 7.93. The first kappa shape index (κ1) is 23.1. The molecule has 0 spiro atoms. The molecule has 31 heavy (non-hydrogen) atoms. The van der Waals surface area contributed by atoms with Gasteiger partial charge < -0.3 is 0 Å². The summed E-state index contributed by atoms with van der Waals surface area (Å²) in [6.45, 7) is 7.28. The second kappa shape index (κ2) is 8.53. The van der Waals surface area contributed by atoms with E-state index in [2.05, 4.69) is 9.44 Å². The molecule has 0 heterocycles. The molecule has 3 aromatic carbocycles. The summed E-state index contributed by atoms with van der Waals surface area (Å²) in [7, 11) is -7.68. The van der Waals surface area contributed by atoms with Crippen molar-refractivity contribution in [3.05, 3.63) is 81.9 Å². The smallest absolute Gasteiger partial charge is 0.262 e. The maximum Gasteiger partial charge on any atom is 0.262 e. The third-order valence-corrected chi connectivity index (χ3v) is 8.38. The first-order valence-corrected chi connectivity index (χ1v) is 12.7. The minimum absolute atomic E-state index is 0.00385. The molecule has 0 atom stereocenters. The van der Waals surface area contributed by atoms with Gasteiger partial charge in [0.1, 0.15) is 0 Å². The highest BCUT2D eigenvalue weighted by atomic mass is 35.5. The van der Waals surface area contributed by atoms with Crippen LogP contribution in [0.2, 0.25) is 5.02 Å². The number of anilines is 2. The molecule has 2 N–H and O–H groups in total. The lowest BCUT2D eigenvalue weighted by atomic mass is 10.0. The monoisotopic (exact) mass is 478 g/mol. The average molecular weight is 479 g/mol. The van der Waals surface area contributed by atoms with Gasteiger partial charge in [0.15, 0.2) is 0 Å². The zero-order valence-electron chi connectivity index (χ0n) is 17.5. The average Bonchev–Trinajstić information content (AvgIpc) is 2.68. The van der Waals surface area contributed by atoms with Gasteiger partial charge in [0.25, 0.3) is 20.0 Å². The third-order valence-electron chi connectivity index (χ3n) is 5.08. The molecule has 6 nitrogen and oxygen atoms in total. The summed E-state index contributed by atoms with van der Waals surface area (Å²) in [5.74, 6) is 0. The molecule has 0 fully saturated rings. The van der Waals surface area contributed by atoms with Crippen LogP contribution in [-0.4, -0.2) is 16.8 Å². The Labute approximate surface area is 188 Å². The van der Waals surface area contributed by atoms with E-state index in [-0.39, 0.29) is 15.5 Å². The van der Waals surface area contributed by atoms with Crippen LogP contribution in [0.1, 0.15) is 22.3 Å². The lowest BCUT2D eigenvalue weighted by Crippen LogP contribution is -2.17. The highest BCUT2D eigenvalue weighted by Crippen LogP contribution is 2.28. The molecule has 0 bridgehead atoms. The Morgan fingerprint density at radius 2 is 1.06 bits per heavy atom. The summed E-state index contributed by atoms with van der Waals surface area (Å²) in [6.07, 6.45) is 0. The number of hydrogen-bond donors (Lipinski definition) is 2. The van der Waals surface area contributed by atoms with Gasteiger partial charge in [0.05, 0.1) is 9.79 Å². The van der Waals surface area contributed by atoms with Crippen molar-refractivity contribution in [1.29, 1.82) is 0 Å². The molecule has 0 saturated carbocycles. The zero-order valence-corrected chi connectivity index (χ0v) is 19.9. The van der Waals surface area contributed by atoms with E-state index >= 15 is 0 Å². The fourth-order valence-electron chi connectivity index (χ4n) is 3.22. The standard InChI is InChI=1S/C22H23ClN2O4S2/c1-14-13-15(2)17(4)22(16(14)3)31(28,29)25-20-9-11-21(12-10-20)30(26,27)24-19-7-5-18(23)6-8-19/h5-13,24-25H,1-4H3. The second-order valence-electron chi connectivity index (χ2n) is 7.33. The predicted octanol–water partition coefficient (Wildman–Crippen LogP) is 5.18. The van der Waals surface area contributed by atoms with Crippen molar-refractivity contribution in [3.8, 4) is 0 Å². The molecular formula is C22H23ClN2O4S2. The van der Waals surface area contributed by atoms with Gasteiger partial charge in [-0.1, -0.05) is 17.7 Å². The van der Waals surface area contributed by atoms with Crippen LogP contribution in [0.4, 0.5) is 11.4 Å². The largest absolute Gasteiger partial charge is 0.280 e. The Bertz CT molecular complexity index is 1310. The third kappa shape index (κ3) is 5.03. The van der Waals surface area contributed by atoms with E-state index < -0.39 is 20.0 Å². The van der Waals surface area contributed by atoms with E-state index in [0.29, 0.717) is 21.8 Å². The number of hydrogen-bond acceptors (Lipinski definition) is 4. The minimum Gasteiger partial charge on any atom is -0.280 e. The number of benzene rings is 3. The topological polar surface area (TPSA) is 92.3 Å². The summed E-state index contributed by atoms with van der Waals surface area (Å²) >= 11 is 5.82.